The van der Waals surface area contributed by atoms with E-state index in [-0.39, 0.29) is 6.10 Å². The highest BCUT2D eigenvalue weighted by atomic mass is 17.2. The van der Waals surface area contributed by atoms with Gasteiger partial charge >= 0.3 is 0 Å². The second-order valence-corrected chi connectivity index (χ2v) is 4.26. The highest BCUT2D eigenvalue weighted by Crippen LogP contribution is 2.34. The quantitative estimate of drug-likeness (QED) is 0.375. The van der Waals surface area contributed by atoms with Crippen molar-refractivity contribution in [3.63, 3.8) is 0 Å². The van der Waals surface area contributed by atoms with Gasteiger partial charge in [0.25, 0.3) is 0 Å². The number of ether oxygens (including phenoxy) is 1. The van der Waals surface area contributed by atoms with Crippen molar-refractivity contribution in [2.24, 2.45) is 0 Å². The minimum atomic E-state index is 0.204. The van der Waals surface area contributed by atoms with E-state index < -0.39 is 0 Å². The van der Waals surface area contributed by atoms with Gasteiger partial charge < -0.3 is 4.74 Å². The minimum Gasteiger partial charge on any atom is -0.364 e. The van der Waals surface area contributed by atoms with Crippen LogP contribution in [-0.4, -0.2) is 24.9 Å². The van der Waals surface area contributed by atoms with Crippen LogP contribution in [0.2, 0.25) is 0 Å². The molecule has 3 heteroatoms. The lowest BCUT2D eigenvalue weighted by molar-refractivity contribution is -0.337. The molecule has 0 unspecified atom stereocenters. The third-order valence-electron chi connectivity index (χ3n) is 3.00. The van der Waals surface area contributed by atoms with Crippen LogP contribution in [0.1, 0.15) is 45.4 Å². The Morgan fingerprint density at radius 1 is 1.14 bits per heavy atom. The second kappa shape index (κ2) is 5.10. The molecule has 2 rings (SSSR count). The van der Waals surface area contributed by atoms with E-state index in [0.717, 1.165) is 6.42 Å². The van der Waals surface area contributed by atoms with Crippen LogP contribution in [0, 0.1) is 0 Å². The molecule has 2 heterocycles. The minimum absolute atomic E-state index is 0.204. The van der Waals surface area contributed by atoms with Gasteiger partial charge in [-0.25, -0.2) is 9.78 Å². The van der Waals surface area contributed by atoms with Crippen molar-refractivity contribution in [1.29, 1.82) is 0 Å². The van der Waals surface area contributed by atoms with E-state index in [1.165, 1.54) is 32.1 Å². The van der Waals surface area contributed by atoms with Crippen LogP contribution in [0.25, 0.3) is 0 Å². The fourth-order valence-electron chi connectivity index (χ4n) is 2.03. The number of fused-ring (bicyclic) bond motifs is 1. The Bertz CT molecular complexity index is 172. The molecular formula is C11H20O3. The molecule has 0 radical (unpaired) electrons. The van der Waals surface area contributed by atoms with Gasteiger partial charge in [-0.3, -0.25) is 0 Å². The number of hydrogen-bond acceptors (Lipinski definition) is 3. The largest absolute Gasteiger partial charge is 0.364 e. The number of unbranched alkanes of at least 4 members (excludes halogenated alkanes) is 4. The monoisotopic (exact) mass is 200 g/mol. The van der Waals surface area contributed by atoms with E-state index in [9.17, 15) is 0 Å². The molecule has 2 saturated heterocycles. The lowest BCUT2D eigenvalue weighted by atomic mass is 10.0. The van der Waals surface area contributed by atoms with Gasteiger partial charge in [-0.05, 0) is 6.42 Å². The predicted molar refractivity (Wildman–Crippen MR) is 52.9 cm³/mol. The Morgan fingerprint density at radius 3 is 2.86 bits per heavy atom. The van der Waals surface area contributed by atoms with Crippen LogP contribution in [0.5, 0.6) is 0 Å². The first-order valence-electron chi connectivity index (χ1n) is 5.85. The molecule has 0 aromatic carbocycles. The van der Waals surface area contributed by atoms with E-state index in [0.29, 0.717) is 18.8 Å². The van der Waals surface area contributed by atoms with Crippen molar-refractivity contribution in [2.45, 2.75) is 63.8 Å². The summed E-state index contributed by atoms with van der Waals surface area (Å²) in [4.78, 5) is 10.2. The summed E-state index contributed by atoms with van der Waals surface area (Å²) in [6, 6.07) is 0. The summed E-state index contributed by atoms with van der Waals surface area (Å²) < 4.78 is 5.42. The van der Waals surface area contributed by atoms with Gasteiger partial charge in [0.05, 0.1) is 0 Å². The van der Waals surface area contributed by atoms with Crippen LogP contribution in [0.15, 0.2) is 0 Å². The molecule has 0 amide bonds. The SMILES string of the molecule is CCCCCCC[C@H]1OOC[C@H]2O[C@@H]12. The number of hydrogen-bond donors (Lipinski definition) is 0. The molecule has 0 aliphatic carbocycles. The maximum atomic E-state index is 5.42. The van der Waals surface area contributed by atoms with E-state index in [2.05, 4.69) is 6.92 Å². The number of rotatable bonds is 6. The third kappa shape index (κ3) is 2.69. The Labute approximate surface area is 85.6 Å². The number of epoxide rings is 1. The molecule has 14 heavy (non-hydrogen) atoms. The smallest absolute Gasteiger partial charge is 0.122 e. The fraction of sp³-hybridized carbons (Fsp3) is 1.00. The van der Waals surface area contributed by atoms with Crippen molar-refractivity contribution in [3.8, 4) is 0 Å². The maximum Gasteiger partial charge on any atom is 0.122 e. The Morgan fingerprint density at radius 2 is 2.00 bits per heavy atom. The average Bonchev–Trinajstić information content (AvgIpc) is 2.97. The first-order valence-corrected chi connectivity index (χ1v) is 5.85. The van der Waals surface area contributed by atoms with Crippen LogP contribution < -0.4 is 0 Å². The Balaban J connectivity index is 1.52. The summed E-state index contributed by atoms with van der Waals surface area (Å²) in [7, 11) is 0. The summed E-state index contributed by atoms with van der Waals surface area (Å²) in [6.45, 7) is 2.86. The Kier molecular flexibility index (Phi) is 3.79. The second-order valence-electron chi connectivity index (χ2n) is 4.26. The fourth-order valence-corrected chi connectivity index (χ4v) is 2.03. The first kappa shape index (κ1) is 10.4. The van der Waals surface area contributed by atoms with E-state index >= 15 is 0 Å². The van der Waals surface area contributed by atoms with E-state index in [1.807, 2.05) is 0 Å². The lowest BCUT2D eigenvalue weighted by Gasteiger charge is -2.17. The lowest BCUT2D eigenvalue weighted by Crippen LogP contribution is -2.28. The molecule has 0 spiro atoms. The zero-order chi connectivity index (χ0) is 9.80. The molecule has 82 valence electrons. The van der Waals surface area contributed by atoms with Crippen LogP contribution in [0.3, 0.4) is 0 Å². The van der Waals surface area contributed by atoms with Crippen molar-refractivity contribution in [3.05, 3.63) is 0 Å². The predicted octanol–water partition coefficient (Wildman–Crippen LogP) is 2.44. The molecule has 2 aliphatic heterocycles. The van der Waals surface area contributed by atoms with Gasteiger partial charge in [0.15, 0.2) is 0 Å². The van der Waals surface area contributed by atoms with Crippen molar-refractivity contribution in [2.75, 3.05) is 6.61 Å². The summed E-state index contributed by atoms with van der Waals surface area (Å²) in [5.41, 5.74) is 0. The van der Waals surface area contributed by atoms with Gasteiger partial charge in [-0.1, -0.05) is 39.0 Å². The average molecular weight is 200 g/mol. The molecule has 0 aromatic rings. The molecule has 0 bridgehead atoms. The molecule has 3 nitrogen and oxygen atoms in total. The molecule has 2 fully saturated rings. The molecule has 0 saturated carbocycles. The normalized spacial score (nSPS) is 35.4. The van der Waals surface area contributed by atoms with E-state index in [1.54, 1.807) is 0 Å². The van der Waals surface area contributed by atoms with Gasteiger partial charge in [0, 0.05) is 0 Å². The molecule has 2 aliphatic rings. The van der Waals surface area contributed by atoms with Gasteiger partial charge in [0.1, 0.15) is 24.9 Å². The first-order chi connectivity index (χ1) is 6.92. The molecular weight excluding hydrogens is 180 g/mol. The van der Waals surface area contributed by atoms with E-state index in [4.69, 9.17) is 14.5 Å². The summed E-state index contributed by atoms with van der Waals surface area (Å²) in [5, 5.41) is 0. The van der Waals surface area contributed by atoms with Crippen molar-refractivity contribution in [1.82, 2.24) is 0 Å². The van der Waals surface area contributed by atoms with Crippen LogP contribution in [0.4, 0.5) is 0 Å². The van der Waals surface area contributed by atoms with Crippen LogP contribution in [-0.2, 0) is 14.5 Å². The van der Waals surface area contributed by atoms with Crippen molar-refractivity contribution < 1.29 is 14.5 Å². The van der Waals surface area contributed by atoms with Gasteiger partial charge in [0.2, 0.25) is 0 Å². The third-order valence-corrected chi connectivity index (χ3v) is 3.00. The van der Waals surface area contributed by atoms with Gasteiger partial charge in [-0.15, -0.1) is 0 Å². The molecule has 3 atom stereocenters. The zero-order valence-corrected chi connectivity index (χ0v) is 8.91. The maximum absolute atomic E-state index is 5.42. The molecule has 0 N–H and O–H groups in total. The zero-order valence-electron chi connectivity index (χ0n) is 8.91. The summed E-state index contributed by atoms with van der Waals surface area (Å²) >= 11 is 0. The Hall–Kier alpha value is -0.120. The summed E-state index contributed by atoms with van der Waals surface area (Å²) in [5.74, 6) is 0. The molecule has 0 aromatic heterocycles. The van der Waals surface area contributed by atoms with Gasteiger partial charge in [-0.2, -0.15) is 0 Å². The summed E-state index contributed by atoms with van der Waals surface area (Å²) in [6.07, 6.45) is 8.52. The highest BCUT2D eigenvalue weighted by Gasteiger charge is 2.49. The topological polar surface area (TPSA) is 31.0 Å². The van der Waals surface area contributed by atoms with Crippen LogP contribution >= 0.6 is 0 Å². The standard InChI is InChI=1S/C11H20O3/c1-2-3-4-5-6-7-9-11-10(13-11)8-12-14-9/h9-11H,2-8H2,1H3/t9-,10-,11+/m1/s1. The van der Waals surface area contributed by atoms with Crippen molar-refractivity contribution >= 4 is 0 Å². The highest BCUT2D eigenvalue weighted by molar-refractivity contribution is 4.92.